The molecule has 2 aromatic carbocycles. The minimum Gasteiger partial charge on any atom is -0.497 e. The van der Waals surface area contributed by atoms with Crippen LogP contribution in [0.4, 0.5) is 10.5 Å². The predicted molar refractivity (Wildman–Crippen MR) is 139 cm³/mol. The lowest BCUT2D eigenvalue weighted by Gasteiger charge is -2.44. The Hall–Kier alpha value is -3.55. The van der Waals surface area contributed by atoms with Crippen LogP contribution in [0, 0.1) is 0 Å². The number of amides is 3. The molecule has 0 aromatic heterocycles. The molecule has 2 aliphatic heterocycles. The van der Waals surface area contributed by atoms with Crippen molar-refractivity contribution in [3.05, 3.63) is 54.1 Å². The highest BCUT2D eigenvalue weighted by atomic mass is 16.5. The molecule has 36 heavy (non-hydrogen) atoms. The number of hydrogen-bond donors (Lipinski definition) is 1. The summed E-state index contributed by atoms with van der Waals surface area (Å²) in [7, 11) is 3.22. The summed E-state index contributed by atoms with van der Waals surface area (Å²) in [4.78, 5) is 35.8. The molecular formula is C28H34N4O4. The van der Waals surface area contributed by atoms with Gasteiger partial charge in [0.1, 0.15) is 22.9 Å². The minimum absolute atomic E-state index is 0.0568. The van der Waals surface area contributed by atoms with E-state index >= 15 is 0 Å². The number of nitrogens with zero attached hydrogens (tertiary/aromatic N) is 3. The van der Waals surface area contributed by atoms with Crippen LogP contribution in [-0.2, 0) is 0 Å². The topological polar surface area (TPSA) is 83.5 Å². The third kappa shape index (κ3) is 4.52. The number of methoxy groups -OCH3 is 2. The fourth-order valence-electron chi connectivity index (χ4n) is 5.73. The molecule has 2 heterocycles. The van der Waals surface area contributed by atoms with Gasteiger partial charge in [0, 0.05) is 18.2 Å². The maximum Gasteiger partial charge on any atom is 0.328 e. The second-order valence-electron chi connectivity index (χ2n) is 9.83. The molecule has 0 radical (unpaired) electrons. The average molecular weight is 491 g/mol. The molecule has 3 aliphatic rings. The molecule has 3 fully saturated rings. The van der Waals surface area contributed by atoms with Crippen LogP contribution >= 0.6 is 0 Å². The van der Waals surface area contributed by atoms with Crippen molar-refractivity contribution in [2.24, 2.45) is 4.99 Å². The number of likely N-dealkylation sites (tertiary alicyclic amines) is 1. The summed E-state index contributed by atoms with van der Waals surface area (Å²) < 4.78 is 10.7. The van der Waals surface area contributed by atoms with Crippen molar-refractivity contribution >= 4 is 23.5 Å². The Morgan fingerprint density at radius 2 is 1.75 bits per heavy atom. The van der Waals surface area contributed by atoms with E-state index in [9.17, 15) is 9.59 Å². The first kappa shape index (κ1) is 24.2. The third-order valence-electron chi connectivity index (χ3n) is 7.59. The van der Waals surface area contributed by atoms with Crippen molar-refractivity contribution in [2.45, 2.75) is 56.5 Å². The highest BCUT2D eigenvalue weighted by molar-refractivity contribution is 6.19. The van der Waals surface area contributed by atoms with E-state index in [1.54, 1.807) is 43.4 Å². The minimum atomic E-state index is -0.749. The van der Waals surface area contributed by atoms with E-state index in [0.29, 0.717) is 36.0 Å². The van der Waals surface area contributed by atoms with Crippen molar-refractivity contribution in [2.75, 3.05) is 32.2 Å². The first-order valence-corrected chi connectivity index (χ1v) is 12.8. The van der Waals surface area contributed by atoms with Crippen molar-refractivity contribution < 1.29 is 19.1 Å². The van der Waals surface area contributed by atoms with Crippen LogP contribution in [0.2, 0.25) is 0 Å². The van der Waals surface area contributed by atoms with Gasteiger partial charge in [-0.1, -0.05) is 25.3 Å². The van der Waals surface area contributed by atoms with E-state index in [-0.39, 0.29) is 18.0 Å². The highest BCUT2D eigenvalue weighted by Crippen LogP contribution is 2.39. The van der Waals surface area contributed by atoms with Crippen LogP contribution in [0.25, 0.3) is 0 Å². The molecule has 1 N–H and O–H groups in total. The summed E-state index contributed by atoms with van der Waals surface area (Å²) in [6.45, 7) is 1.00. The van der Waals surface area contributed by atoms with Crippen molar-refractivity contribution in [3.8, 4) is 11.5 Å². The van der Waals surface area contributed by atoms with E-state index in [1.807, 2.05) is 29.2 Å². The second kappa shape index (κ2) is 10.2. The molecule has 190 valence electrons. The standard InChI is InChI=1S/C28H34N4O4/c1-35-23-14-12-20(13-15-23)25(33)31-17-7-16-28(19-31)26(29-21-8-4-3-5-9-21)30-27(34)32(28)22-10-6-11-24(18-22)36-2/h6,10-15,18,21H,3-5,7-9,16-17,19H2,1-2H3,(H,29,30,34). The maximum atomic E-state index is 13.6. The maximum absolute atomic E-state index is 13.6. The fraction of sp³-hybridized carbons (Fsp3) is 0.464. The van der Waals surface area contributed by atoms with E-state index in [0.717, 1.165) is 44.2 Å². The number of carbonyl (C=O) groups is 2. The number of piperidine rings is 1. The zero-order valence-corrected chi connectivity index (χ0v) is 21.0. The molecule has 0 bridgehead atoms. The Labute approximate surface area is 212 Å². The van der Waals surface area contributed by atoms with Crippen LogP contribution in [0.5, 0.6) is 11.5 Å². The van der Waals surface area contributed by atoms with Crippen molar-refractivity contribution in [1.29, 1.82) is 0 Å². The number of ether oxygens (including phenoxy) is 2. The van der Waals surface area contributed by atoms with E-state index < -0.39 is 5.54 Å². The first-order valence-electron chi connectivity index (χ1n) is 12.8. The number of rotatable bonds is 5. The zero-order valence-electron chi connectivity index (χ0n) is 21.0. The van der Waals surface area contributed by atoms with Gasteiger partial charge in [-0.15, -0.1) is 0 Å². The molecule has 1 spiro atoms. The Balaban J connectivity index is 1.53. The van der Waals surface area contributed by atoms with Crippen LogP contribution in [-0.4, -0.2) is 61.6 Å². The molecule has 5 rings (SSSR count). The molecule has 2 saturated heterocycles. The van der Waals surface area contributed by atoms with Crippen molar-refractivity contribution in [3.63, 3.8) is 0 Å². The molecular weight excluding hydrogens is 456 g/mol. The summed E-state index contributed by atoms with van der Waals surface area (Å²) >= 11 is 0. The third-order valence-corrected chi connectivity index (χ3v) is 7.59. The van der Waals surface area contributed by atoms with Gasteiger partial charge in [-0.05, 0) is 62.1 Å². The normalized spacial score (nSPS) is 23.7. The Morgan fingerprint density at radius 1 is 1.00 bits per heavy atom. The van der Waals surface area contributed by atoms with Gasteiger partial charge in [-0.25, -0.2) is 4.79 Å². The van der Waals surface area contributed by atoms with Gasteiger partial charge in [-0.3, -0.25) is 20.0 Å². The molecule has 1 aliphatic carbocycles. The summed E-state index contributed by atoms with van der Waals surface area (Å²) in [5.74, 6) is 2.02. The zero-order chi connectivity index (χ0) is 25.1. The summed E-state index contributed by atoms with van der Waals surface area (Å²) in [6, 6.07) is 14.7. The van der Waals surface area contributed by atoms with Gasteiger partial charge in [0.25, 0.3) is 5.91 Å². The number of amidine groups is 1. The Kier molecular flexibility index (Phi) is 6.85. The molecule has 2 aromatic rings. The summed E-state index contributed by atoms with van der Waals surface area (Å²) in [5.41, 5.74) is 0.588. The number of urea groups is 1. The van der Waals surface area contributed by atoms with Crippen LogP contribution < -0.4 is 19.7 Å². The lowest BCUT2D eigenvalue weighted by Crippen LogP contribution is -2.61. The number of benzene rings is 2. The molecule has 1 unspecified atom stereocenters. The monoisotopic (exact) mass is 490 g/mol. The summed E-state index contributed by atoms with van der Waals surface area (Å²) in [6.07, 6.45) is 7.10. The number of hydrogen-bond acceptors (Lipinski definition) is 5. The molecule has 8 nitrogen and oxygen atoms in total. The van der Waals surface area contributed by atoms with Gasteiger partial charge in [-0.2, -0.15) is 0 Å². The number of anilines is 1. The SMILES string of the molecule is COc1ccc(C(=O)N2CCCC3(C2)C(=NC2CCCCC2)NC(=O)N3c2cccc(OC)c2)cc1. The lowest BCUT2D eigenvalue weighted by molar-refractivity contribution is 0.0686. The van der Waals surface area contributed by atoms with Gasteiger partial charge in [0.2, 0.25) is 0 Å². The largest absolute Gasteiger partial charge is 0.497 e. The number of aliphatic imine (C=N–C) groups is 1. The van der Waals surface area contributed by atoms with Crippen LogP contribution in [0.15, 0.2) is 53.5 Å². The van der Waals surface area contributed by atoms with Gasteiger partial charge >= 0.3 is 6.03 Å². The Bertz CT molecular complexity index is 1140. The lowest BCUT2D eigenvalue weighted by atomic mass is 9.85. The predicted octanol–water partition coefficient (Wildman–Crippen LogP) is 4.64. The smallest absolute Gasteiger partial charge is 0.328 e. The summed E-state index contributed by atoms with van der Waals surface area (Å²) in [5, 5.41) is 3.10. The number of carbonyl (C=O) groups excluding carboxylic acids is 2. The highest BCUT2D eigenvalue weighted by Gasteiger charge is 2.54. The second-order valence-corrected chi connectivity index (χ2v) is 9.83. The first-order chi connectivity index (χ1) is 17.5. The molecule has 1 saturated carbocycles. The van der Waals surface area contributed by atoms with Gasteiger partial charge in [0.05, 0.1) is 32.5 Å². The van der Waals surface area contributed by atoms with Gasteiger partial charge in [0.15, 0.2) is 0 Å². The quantitative estimate of drug-likeness (QED) is 0.662. The Morgan fingerprint density at radius 3 is 2.47 bits per heavy atom. The molecule has 8 heteroatoms. The van der Waals surface area contributed by atoms with Gasteiger partial charge < -0.3 is 14.4 Å². The number of nitrogens with one attached hydrogen (secondary N) is 1. The van der Waals surface area contributed by atoms with E-state index in [1.165, 1.54) is 6.42 Å². The molecule has 3 amide bonds. The van der Waals surface area contributed by atoms with Crippen molar-refractivity contribution in [1.82, 2.24) is 10.2 Å². The van der Waals surface area contributed by atoms with Crippen LogP contribution in [0.3, 0.4) is 0 Å². The van der Waals surface area contributed by atoms with E-state index in [4.69, 9.17) is 14.5 Å². The van der Waals surface area contributed by atoms with E-state index in [2.05, 4.69) is 5.32 Å². The average Bonchev–Trinajstić information content (AvgIpc) is 3.18. The van der Waals surface area contributed by atoms with Crippen LogP contribution in [0.1, 0.15) is 55.3 Å². The molecule has 1 atom stereocenters. The fourth-order valence-corrected chi connectivity index (χ4v) is 5.73.